The smallest absolute Gasteiger partial charge is 0.276 e. The van der Waals surface area contributed by atoms with Crippen LogP contribution in [0.2, 0.25) is 0 Å². The van der Waals surface area contributed by atoms with E-state index in [0.717, 1.165) is 24.4 Å². The van der Waals surface area contributed by atoms with Gasteiger partial charge in [0, 0.05) is 12.6 Å². The van der Waals surface area contributed by atoms with Crippen molar-refractivity contribution in [2.75, 3.05) is 6.54 Å². The number of amides is 1. The fraction of sp³-hybridized carbons (Fsp3) is 0.500. The van der Waals surface area contributed by atoms with Crippen LogP contribution in [0.25, 0.3) is 0 Å². The fourth-order valence-electron chi connectivity index (χ4n) is 2.28. The van der Waals surface area contributed by atoms with Gasteiger partial charge in [-0.3, -0.25) is 9.48 Å². The van der Waals surface area contributed by atoms with Crippen molar-refractivity contribution >= 4 is 5.91 Å². The minimum Gasteiger partial charge on any atom is -0.464 e. The van der Waals surface area contributed by atoms with Crippen molar-refractivity contribution in [3.05, 3.63) is 35.5 Å². The van der Waals surface area contributed by atoms with Gasteiger partial charge in [-0.25, -0.2) is 0 Å². The van der Waals surface area contributed by atoms with Crippen molar-refractivity contribution < 1.29 is 9.21 Å². The second-order valence-electron chi connectivity index (χ2n) is 5.33. The SMILES string of the molecule is Cc1ccc(CN(C(=O)c2cn(CCN)nn2)C2CC2)o1. The van der Waals surface area contributed by atoms with E-state index < -0.39 is 0 Å². The van der Waals surface area contributed by atoms with Gasteiger partial charge < -0.3 is 15.1 Å². The number of furan rings is 1. The van der Waals surface area contributed by atoms with Crippen LogP contribution in [0, 0.1) is 6.92 Å². The van der Waals surface area contributed by atoms with Gasteiger partial charge in [0.2, 0.25) is 0 Å². The lowest BCUT2D eigenvalue weighted by Crippen LogP contribution is -2.32. The maximum Gasteiger partial charge on any atom is 0.276 e. The highest BCUT2D eigenvalue weighted by atomic mass is 16.3. The van der Waals surface area contributed by atoms with Crippen LogP contribution in [0.15, 0.2) is 22.7 Å². The van der Waals surface area contributed by atoms with Crippen LogP contribution in [0.4, 0.5) is 0 Å². The number of nitrogens with zero attached hydrogens (tertiary/aromatic N) is 4. The maximum atomic E-state index is 12.6. The quantitative estimate of drug-likeness (QED) is 0.854. The minimum absolute atomic E-state index is 0.102. The minimum atomic E-state index is -0.102. The van der Waals surface area contributed by atoms with E-state index in [1.807, 2.05) is 24.0 Å². The number of hydrogen-bond donors (Lipinski definition) is 1. The summed E-state index contributed by atoms with van der Waals surface area (Å²) in [5.41, 5.74) is 5.83. The standard InChI is InChI=1S/C14H19N5O2/c1-10-2-5-12(21-10)8-19(11-3-4-11)14(20)13-9-18(7-6-15)17-16-13/h2,5,9,11H,3-4,6-8,15H2,1H3. The molecule has 1 aliphatic rings. The molecule has 0 aromatic carbocycles. The molecule has 1 amide bonds. The van der Waals surface area contributed by atoms with E-state index in [-0.39, 0.29) is 11.9 Å². The van der Waals surface area contributed by atoms with Crippen molar-refractivity contribution in [1.82, 2.24) is 19.9 Å². The summed E-state index contributed by atoms with van der Waals surface area (Å²) in [6.45, 7) is 3.39. The summed E-state index contributed by atoms with van der Waals surface area (Å²) in [5.74, 6) is 1.54. The molecule has 2 heterocycles. The number of nitrogens with two attached hydrogens (primary N) is 1. The summed E-state index contributed by atoms with van der Waals surface area (Å²) in [6, 6.07) is 4.09. The number of hydrogen-bond acceptors (Lipinski definition) is 5. The number of carbonyl (C=O) groups is 1. The fourth-order valence-corrected chi connectivity index (χ4v) is 2.28. The van der Waals surface area contributed by atoms with Gasteiger partial charge >= 0.3 is 0 Å². The van der Waals surface area contributed by atoms with Gasteiger partial charge in [0.1, 0.15) is 11.5 Å². The molecule has 0 radical (unpaired) electrons. The third-order valence-electron chi connectivity index (χ3n) is 3.49. The molecule has 0 atom stereocenters. The van der Waals surface area contributed by atoms with E-state index in [1.54, 1.807) is 10.9 Å². The molecule has 1 aliphatic carbocycles. The lowest BCUT2D eigenvalue weighted by molar-refractivity contribution is 0.0711. The van der Waals surface area contributed by atoms with Crippen LogP contribution in [0.3, 0.4) is 0 Å². The van der Waals surface area contributed by atoms with Crippen LogP contribution >= 0.6 is 0 Å². The Balaban J connectivity index is 1.74. The number of rotatable bonds is 6. The second-order valence-corrected chi connectivity index (χ2v) is 5.33. The zero-order valence-corrected chi connectivity index (χ0v) is 12.0. The number of aryl methyl sites for hydroxylation is 1. The predicted molar refractivity (Wildman–Crippen MR) is 75.4 cm³/mol. The van der Waals surface area contributed by atoms with Gasteiger partial charge in [0.05, 0.1) is 19.3 Å². The lowest BCUT2D eigenvalue weighted by atomic mass is 10.3. The lowest BCUT2D eigenvalue weighted by Gasteiger charge is -2.19. The van der Waals surface area contributed by atoms with E-state index in [0.29, 0.717) is 25.3 Å². The van der Waals surface area contributed by atoms with Crippen molar-refractivity contribution in [2.24, 2.45) is 5.73 Å². The Hall–Kier alpha value is -2.15. The van der Waals surface area contributed by atoms with E-state index in [2.05, 4.69) is 10.3 Å². The molecular formula is C14H19N5O2. The van der Waals surface area contributed by atoms with Crippen LogP contribution in [0.5, 0.6) is 0 Å². The average molecular weight is 289 g/mol. The second kappa shape index (κ2) is 5.69. The van der Waals surface area contributed by atoms with Crippen LogP contribution in [0.1, 0.15) is 34.9 Å². The molecule has 0 bridgehead atoms. The first-order valence-electron chi connectivity index (χ1n) is 7.14. The molecule has 0 spiro atoms. The molecule has 0 saturated heterocycles. The molecule has 1 saturated carbocycles. The monoisotopic (exact) mass is 289 g/mol. The zero-order valence-electron chi connectivity index (χ0n) is 12.0. The van der Waals surface area contributed by atoms with Crippen LogP contribution in [-0.2, 0) is 13.1 Å². The molecule has 2 aromatic rings. The third kappa shape index (κ3) is 3.13. The normalized spacial score (nSPS) is 14.4. The van der Waals surface area contributed by atoms with Gasteiger partial charge in [-0.2, -0.15) is 0 Å². The van der Waals surface area contributed by atoms with Crippen molar-refractivity contribution in [2.45, 2.75) is 38.9 Å². The molecule has 112 valence electrons. The Morgan fingerprint density at radius 1 is 1.52 bits per heavy atom. The first-order chi connectivity index (χ1) is 10.2. The molecule has 7 heteroatoms. The average Bonchev–Trinajstić information content (AvgIpc) is 3.06. The largest absolute Gasteiger partial charge is 0.464 e. The van der Waals surface area contributed by atoms with Crippen molar-refractivity contribution in [3.8, 4) is 0 Å². The molecule has 0 unspecified atom stereocenters. The molecular weight excluding hydrogens is 270 g/mol. The highest BCUT2D eigenvalue weighted by molar-refractivity contribution is 5.92. The molecule has 2 N–H and O–H groups in total. The number of aromatic nitrogens is 3. The first kappa shape index (κ1) is 13.8. The summed E-state index contributed by atoms with van der Waals surface area (Å²) < 4.78 is 7.16. The Morgan fingerprint density at radius 2 is 2.33 bits per heavy atom. The van der Waals surface area contributed by atoms with Crippen LogP contribution in [-0.4, -0.2) is 38.4 Å². The summed E-state index contributed by atoms with van der Waals surface area (Å²) in [6.07, 6.45) is 3.71. The maximum absolute atomic E-state index is 12.6. The first-order valence-corrected chi connectivity index (χ1v) is 7.14. The molecule has 7 nitrogen and oxygen atoms in total. The Kier molecular flexibility index (Phi) is 3.74. The third-order valence-corrected chi connectivity index (χ3v) is 3.49. The zero-order chi connectivity index (χ0) is 14.8. The molecule has 21 heavy (non-hydrogen) atoms. The molecule has 0 aliphatic heterocycles. The molecule has 1 fully saturated rings. The Bertz CT molecular complexity index is 629. The van der Waals surface area contributed by atoms with E-state index in [9.17, 15) is 4.79 Å². The van der Waals surface area contributed by atoms with Gasteiger partial charge in [-0.15, -0.1) is 5.10 Å². The van der Waals surface area contributed by atoms with E-state index >= 15 is 0 Å². The van der Waals surface area contributed by atoms with Crippen molar-refractivity contribution in [3.63, 3.8) is 0 Å². The molecule has 2 aromatic heterocycles. The van der Waals surface area contributed by atoms with E-state index in [4.69, 9.17) is 10.2 Å². The summed E-state index contributed by atoms with van der Waals surface area (Å²) >= 11 is 0. The van der Waals surface area contributed by atoms with Gasteiger partial charge in [-0.1, -0.05) is 5.21 Å². The van der Waals surface area contributed by atoms with Gasteiger partial charge in [-0.05, 0) is 31.9 Å². The summed E-state index contributed by atoms with van der Waals surface area (Å²) in [7, 11) is 0. The van der Waals surface area contributed by atoms with Gasteiger partial charge in [0.25, 0.3) is 5.91 Å². The molecule has 3 rings (SSSR count). The summed E-state index contributed by atoms with van der Waals surface area (Å²) in [5, 5.41) is 7.86. The van der Waals surface area contributed by atoms with Gasteiger partial charge in [0.15, 0.2) is 5.69 Å². The highest BCUT2D eigenvalue weighted by Crippen LogP contribution is 2.29. The highest BCUT2D eigenvalue weighted by Gasteiger charge is 2.34. The summed E-state index contributed by atoms with van der Waals surface area (Å²) in [4.78, 5) is 14.4. The van der Waals surface area contributed by atoms with Crippen molar-refractivity contribution in [1.29, 1.82) is 0 Å². The Labute approximate surface area is 122 Å². The number of carbonyl (C=O) groups excluding carboxylic acids is 1. The van der Waals surface area contributed by atoms with E-state index in [1.165, 1.54) is 0 Å². The topological polar surface area (TPSA) is 90.2 Å². The van der Waals surface area contributed by atoms with Crippen LogP contribution < -0.4 is 5.73 Å². The predicted octanol–water partition coefficient (Wildman–Crippen LogP) is 0.943. The Morgan fingerprint density at radius 3 is 2.95 bits per heavy atom.